The maximum absolute atomic E-state index is 11.9. The second-order valence-corrected chi connectivity index (χ2v) is 5.24. The Morgan fingerprint density at radius 3 is 2.78 bits per heavy atom. The Kier molecular flexibility index (Phi) is 4.06. The summed E-state index contributed by atoms with van der Waals surface area (Å²) in [6, 6.07) is 9.40. The highest BCUT2D eigenvalue weighted by molar-refractivity contribution is 14.1. The van der Waals surface area contributed by atoms with E-state index >= 15 is 0 Å². The minimum atomic E-state index is 0.0128. The van der Waals surface area contributed by atoms with Crippen molar-refractivity contribution in [3.63, 3.8) is 0 Å². The van der Waals surface area contributed by atoms with Gasteiger partial charge in [-0.2, -0.15) is 0 Å². The maximum atomic E-state index is 11.9. The van der Waals surface area contributed by atoms with Crippen LogP contribution in [0.5, 0.6) is 5.75 Å². The average molecular weight is 355 g/mol. The number of halogens is 1. The molecule has 0 aliphatic carbocycles. The number of para-hydroxylation sites is 1. The molecular weight excluding hydrogens is 341 g/mol. The van der Waals surface area contributed by atoms with Gasteiger partial charge in [-0.05, 0) is 41.1 Å². The van der Waals surface area contributed by atoms with Crippen LogP contribution in [0, 0.1) is 10.5 Å². The number of methoxy groups -OCH3 is 1. The van der Waals surface area contributed by atoms with Gasteiger partial charge in [0.05, 0.1) is 13.7 Å². The lowest BCUT2D eigenvalue weighted by molar-refractivity contribution is 0.408. The third-order valence-corrected chi connectivity index (χ3v) is 3.93. The van der Waals surface area contributed by atoms with Gasteiger partial charge in [0.1, 0.15) is 5.75 Å². The summed E-state index contributed by atoms with van der Waals surface area (Å²) in [5.74, 6) is 0.806. The molecule has 1 heterocycles. The normalized spacial score (nSPS) is 10.4. The first kappa shape index (κ1) is 13.1. The van der Waals surface area contributed by atoms with Crippen molar-refractivity contribution in [2.45, 2.75) is 13.5 Å². The van der Waals surface area contributed by atoms with Gasteiger partial charge in [-0.25, -0.2) is 0 Å². The van der Waals surface area contributed by atoms with Crippen molar-refractivity contribution in [3.05, 3.63) is 61.6 Å². The molecule has 0 saturated carbocycles. The van der Waals surface area contributed by atoms with Gasteiger partial charge in [-0.3, -0.25) is 4.79 Å². The largest absolute Gasteiger partial charge is 0.496 e. The highest BCUT2D eigenvalue weighted by Gasteiger charge is 2.05. The molecule has 18 heavy (non-hydrogen) atoms. The second-order valence-electron chi connectivity index (χ2n) is 4.08. The molecule has 0 radical (unpaired) electrons. The smallest absolute Gasteiger partial charge is 0.251 e. The zero-order chi connectivity index (χ0) is 13.1. The van der Waals surface area contributed by atoms with Crippen LogP contribution in [0.3, 0.4) is 0 Å². The van der Waals surface area contributed by atoms with Gasteiger partial charge >= 0.3 is 0 Å². The Morgan fingerprint density at radius 2 is 2.06 bits per heavy atom. The number of hydrogen-bond donors (Lipinski definition) is 0. The molecule has 0 fully saturated rings. The Bertz CT molecular complexity index is 619. The maximum Gasteiger partial charge on any atom is 0.251 e. The average Bonchev–Trinajstić information content (AvgIpc) is 2.36. The molecule has 4 heteroatoms. The molecule has 0 spiro atoms. The van der Waals surface area contributed by atoms with Crippen molar-refractivity contribution >= 4 is 22.6 Å². The lowest BCUT2D eigenvalue weighted by Gasteiger charge is -2.11. The van der Waals surface area contributed by atoms with Gasteiger partial charge in [-0.1, -0.05) is 18.2 Å². The van der Waals surface area contributed by atoms with Crippen LogP contribution in [-0.2, 0) is 6.54 Å². The first-order chi connectivity index (χ1) is 8.61. The Morgan fingerprint density at radius 1 is 1.33 bits per heavy atom. The van der Waals surface area contributed by atoms with Gasteiger partial charge < -0.3 is 9.30 Å². The third-order valence-electron chi connectivity index (χ3n) is 2.80. The SMILES string of the molecule is COc1ccccc1Cn1cc(I)c(C)cc1=O. The zero-order valence-corrected chi connectivity index (χ0v) is 12.5. The van der Waals surface area contributed by atoms with Gasteiger partial charge in [0.25, 0.3) is 5.56 Å². The summed E-state index contributed by atoms with van der Waals surface area (Å²) in [4.78, 5) is 11.9. The molecule has 94 valence electrons. The zero-order valence-electron chi connectivity index (χ0n) is 10.3. The Hall–Kier alpha value is -1.30. The quantitative estimate of drug-likeness (QED) is 0.793. The van der Waals surface area contributed by atoms with Crippen molar-refractivity contribution in [1.29, 1.82) is 0 Å². The predicted octanol–water partition coefficient (Wildman–Crippen LogP) is 2.82. The highest BCUT2D eigenvalue weighted by Crippen LogP contribution is 2.18. The lowest BCUT2D eigenvalue weighted by Crippen LogP contribution is -2.20. The van der Waals surface area contributed by atoms with E-state index in [9.17, 15) is 4.79 Å². The van der Waals surface area contributed by atoms with E-state index in [1.165, 1.54) is 0 Å². The van der Waals surface area contributed by atoms with E-state index in [4.69, 9.17) is 4.74 Å². The summed E-state index contributed by atoms with van der Waals surface area (Å²) in [6.45, 7) is 2.47. The Labute approximate surface area is 120 Å². The fourth-order valence-electron chi connectivity index (χ4n) is 1.78. The van der Waals surface area contributed by atoms with E-state index in [0.29, 0.717) is 6.54 Å². The summed E-state index contributed by atoms with van der Waals surface area (Å²) in [5, 5.41) is 0. The number of nitrogens with zero attached hydrogens (tertiary/aromatic N) is 1. The van der Waals surface area contributed by atoms with E-state index in [1.54, 1.807) is 17.7 Å². The fourth-order valence-corrected chi connectivity index (χ4v) is 2.27. The lowest BCUT2D eigenvalue weighted by atomic mass is 10.2. The standard InChI is InChI=1S/C14H14INO2/c1-10-7-14(17)16(9-12(10)15)8-11-5-3-4-6-13(11)18-2/h3-7,9H,8H2,1-2H3. The van der Waals surface area contributed by atoms with Crippen molar-refractivity contribution in [3.8, 4) is 5.75 Å². The van der Waals surface area contributed by atoms with Crippen molar-refractivity contribution in [1.82, 2.24) is 4.57 Å². The van der Waals surface area contributed by atoms with Crippen LogP contribution in [0.2, 0.25) is 0 Å². The first-order valence-corrected chi connectivity index (χ1v) is 6.68. The minimum Gasteiger partial charge on any atom is -0.496 e. The van der Waals surface area contributed by atoms with Crippen molar-refractivity contribution in [2.75, 3.05) is 7.11 Å². The summed E-state index contributed by atoms with van der Waals surface area (Å²) in [5.41, 5.74) is 2.03. The molecule has 0 saturated heterocycles. The van der Waals surface area contributed by atoms with Crippen LogP contribution in [0.15, 0.2) is 41.3 Å². The number of aryl methyl sites for hydroxylation is 1. The number of rotatable bonds is 3. The van der Waals surface area contributed by atoms with E-state index in [2.05, 4.69) is 22.6 Å². The molecule has 3 nitrogen and oxygen atoms in total. The number of hydrogen-bond acceptors (Lipinski definition) is 2. The topological polar surface area (TPSA) is 31.2 Å². The predicted molar refractivity (Wildman–Crippen MR) is 80.3 cm³/mol. The van der Waals surface area contributed by atoms with Crippen molar-refractivity contribution in [2.24, 2.45) is 0 Å². The second kappa shape index (κ2) is 5.56. The van der Waals surface area contributed by atoms with Crippen LogP contribution in [0.4, 0.5) is 0 Å². The van der Waals surface area contributed by atoms with Crippen molar-refractivity contribution < 1.29 is 4.74 Å². The minimum absolute atomic E-state index is 0.0128. The van der Waals surface area contributed by atoms with Crippen LogP contribution < -0.4 is 10.3 Å². The van der Waals surface area contributed by atoms with E-state index in [1.807, 2.05) is 37.4 Å². The number of benzene rings is 1. The summed E-state index contributed by atoms with van der Waals surface area (Å²) >= 11 is 2.24. The molecule has 0 aliphatic heterocycles. The van der Waals surface area contributed by atoms with Gasteiger partial charge in [-0.15, -0.1) is 0 Å². The molecule has 2 aromatic rings. The number of pyridine rings is 1. The Balaban J connectivity index is 2.40. The number of aromatic nitrogens is 1. The molecule has 1 aromatic heterocycles. The highest BCUT2D eigenvalue weighted by atomic mass is 127. The summed E-state index contributed by atoms with van der Waals surface area (Å²) in [6.07, 6.45) is 1.88. The van der Waals surface area contributed by atoms with Gasteiger partial charge in [0.15, 0.2) is 0 Å². The molecule has 2 rings (SSSR count). The van der Waals surface area contributed by atoms with Gasteiger partial charge in [0, 0.05) is 21.4 Å². The van der Waals surface area contributed by atoms with Gasteiger partial charge in [0.2, 0.25) is 0 Å². The molecule has 0 aliphatic rings. The first-order valence-electron chi connectivity index (χ1n) is 5.60. The molecule has 0 N–H and O–H groups in total. The monoisotopic (exact) mass is 355 g/mol. The van der Waals surface area contributed by atoms with E-state index < -0.39 is 0 Å². The van der Waals surface area contributed by atoms with Crippen LogP contribution in [0.25, 0.3) is 0 Å². The molecule has 1 aromatic carbocycles. The molecular formula is C14H14INO2. The molecule has 0 unspecified atom stereocenters. The summed E-state index contributed by atoms with van der Waals surface area (Å²) in [7, 11) is 1.64. The molecule has 0 atom stereocenters. The van der Waals surface area contributed by atoms with Crippen LogP contribution >= 0.6 is 22.6 Å². The summed E-state index contributed by atoms with van der Waals surface area (Å²) < 4.78 is 8.08. The third kappa shape index (κ3) is 2.75. The van der Waals surface area contributed by atoms with Crippen LogP contribution in [-0.4, -0.2) is 11.7 Å². The van der Waals surface area contributed by atoms with E-state index in [-0.39, 0.29) is 5.56 Å². The fraction of sp³-hybridized carbons (Fsp3) is 0.214. The molecule has 0 bridgehead atoms. The van der Waals surface area contributed by atoms with E-state index in [0.717, 1.165) is 20.4 Å². The number of ether oxygens (including phenoxy) is 1. The van der Waals surface area contributed by atoms with Crippen LogP contribution in [0.1, 0.15) is 11.1 Å². The molecule has 0 amide bonds.